The number of pyridine rings is 4. The summed E-state index contributed by atoms with van der Waals surface area (Å²) in [4.78, 5) is 38.9. The Balaban J connectivity index is 0.000000141. The van der Waals surface area contributed by atoms with E-state index in [1.807, 2.05) is 84.9 Å². The molecule has 21 rings (SSSR count). The Kier molecular flexibility index (Phi) is 14.9. The third-order valence-electron chi connectivity index (χ3n) is 20.1. The van der Waals surface area contributed by atoms with E-state index < -0.39 is 0 Å². The molecular weight excluding hydrogens is 1300 g/mol. The molecule has 0 aliphatic carbocycles. The number of nitrogens with zero attached hydrogens (tertiary/aromatic N) is 12. The summed E-state index contributed by atoms with van der Waals surface area (Å²) >= 11 is 0. The van der Waals surface area contributed by atoms with Gasteiger partial charge < -0.3 is 9.13 Å². The van der Waals surface area contributed by atoms with Gasteiger partial charge in [-0.3, -0.25) is 29.1 Å². The second-order valence-corrected chi connectivity index (χ2v) is 26.3. The van der Waals surface area contributed by atoms with Crippen molar-refractivity contribution in [3.8, 4) is 102 Å². The predicted octanol–water partition coefficient (Wildman–Crippen LogP) is 22.6. The molecule has 0 amide bonds. The van der Waals surface area contributed by atoms with Gasteiger partial charge in [-0.1, -0.05) is 182 Å². The fourth-order valence-electron chi connectivity index (χ4n) is 15.3. The first kappa shape index (κ1) is 61.3. The Bertz CT molecular complexity index is 6800. The number of hydrogen-bond acceptors (Lipinski definition) is 8. The van der Waals surface area contributed by atoms with E-state index in [9.17, 15) is 0 Å². The van der Waals surface area contributed by atoms with E-state index >= 15 is 0 Å². The van der Waals surface area contributed by atoms with Gasteiger partial charge in [0.1, 0.15) is 0 Å². The highest BCUT2D eigenvalue weighted by molar-refractivity contribution is 6.15. The first-order valence-corrected chi connectivity index (χ1v) is 35.4. The van der Waals surface area contributed by atoms with Gasteiger partial charge in [-0.15, -0.1) is 0 Å². The topological polar surface area (TPSA) is 123 Å². The van der Waals surface area contributed by atoms with E-state index in [-0.39, 0.29) is 0 Å². The van der Waals surface area contributed by atoms with E-state index in [1.54, 1.807) is 24.8 Å². The summed E-state index contributed by atoms with van der Waals surface area (Å²) in [5.74, 6) is 1.14. The zero-order chi connectivity index (χ0) is 70.0. The zero-order valence-electron chi connectivity index (χ0n) is 57.0. The monoisotopic (exact) mass is 1360 g/mol. The lowest BCUT2D eigenvalue weighted by molar-refractivity contribution is 0.988. The van der Waals surface area contributed by atoms with Crippen molar-refractivity contribution >= 4 is 87.2 Å². The van der Waals surface area contributed by atoms with Gasteiger partial charge in [0.15, 0.2) is 0 Å². The molecule has 0 spiro atoms. The van der Waals surface area contributed by atoms with Gasteiger partial charge in [0, 0.05) is 79.3 Å². The number of aromatic nitrogens is 12. The predicted molar refractivity (Wildman–Crippen MR) is 431 cm³/mol. The molecular formula is C94H60N12. The molecule has 0 aliphatic heterocycles. The summed E-state index contributed by atoms with van der Waals surface area (Å²) in [5.41, 5.74) is 24.2. The molecule has 0 saturated carbocycles. The molecule has 106 heavy (non-hydrogen) atoms. The molecule has 0 unspecified atom stereocenters. The van der Waals surface area contributed by atoms with Crippen LogP contribution in [0.4, 0.5) is 0 Å². The van der Waals surface area contributed by atoms with Crippen LogP contribution in [0.1, 0.15) is 0 Å². The Hall–Kier alpha value is -14.6. The average molecular weight is 1360 g/mol. The Morgan fingerprint density at radius 1 is 0.160 bits per heavy atom. The van der Waals surface area contributed by atoms with Gasteiger partial charge in [-0.2, -0.15) is 0 Å². The molecule has 10 heterocycles. The molecule has 496 valence electrons. The van der Waals surface area contributed by atoms with Gasteiger partial charge in [0.05, 0.1) is 89.7 Å². The van der Waals surface area contributed by atoms with Gasteiger partial charge in [0.2, 0.25) is 11.9 Å². The number of rotatable bonds is 11. The maximum Gasteiger partial charge on any atom is 0.235 e. The van der Waals surface area contributed by atoms with Gasteiger partial charge in [-0.05, 0) is 191 Å². The highest BCUT2D eigenvalue weighted by Crippen LogP contribution is 2.42. The quantitative estimate of drug-likeness (QED) is 0.125. The van der Waals surface area contributed by atoms with Crippen LogP contribution >= 0.6 is 0 Å². The second kappa shape index (κ2) is 25.8. The van der Waals surface area contributed by atoms with Crippen LogP contribution in [-0.4, -0.2) is 58.1 Å². The minimum atomic E-state index is 0.568. The van der Waals surface area contributed by atoms with Crippen LogP contribution in [0, 0.1) is 0 Å². The lowest BCUT2D eigenvalue weighted by Gasteiger charge is -2.11. The maximum absolute atomic E-state index is 5.12. The van der Waals surface area contributed by atoms with Crippen LogP contribution in [-0.2, 0) is 0 Å². The van der Waals surface area contributed by atoms with Crippen molar-refractivity contribution in [2.24, 2.45) is 0 Å². The first-order chi connectivity index (χ1) is 52.6. The number of hydrogen-bond donors (Lipinski definition) is 0. The number of fused-ring (bicyclic) bond motifs is 12. The van der Waals surface area contributed by atoms with Crippen molar-refractivity contribution in [1.82, 2.24) is 58.1 Å². The lowest BCUT2D eigenvalue weighted by Crippen LogP contribution is -2.04. The maximum atomic E-state index is 5.12. The molecule has 0 N–H and O–H groups in total. The Morgan fingerprint density at radius 3 is 0.745 bits per heavy atom. The summed E-state index contributed by atoms with van der Waals surface area (Å²) in [5, 5.41) is 9.44. The van der Waals surface area contributed by atoms with Crippen molar-refractivity contribution in [3.63, 3.8) is 0 Å². The highest BCUT2D eigenvalue weighted by Gasteiger charge is 2.23. The summed E-state index contributed by atoms with van der Waals surface area (Å²) < 4.78 is 9.04. The largest absolute Gasteiger partial charge is 0.309 e. The third kappa shape index (κ3) is 10.7. The normalized spacial score (nSPS) is 11.6. The average Bonchev–Trinajstić information content (AvgIpc) is 1.59. The van der Waals surface area contributed by atoms with E-state index in [2.05, 4.69) is 293 Å². The van der Waals surface area contributed by atoms with Crippen LogP contribution in [0.3, 0.4) is 0 Å². The lowest BCUT2D eigenvalue weighted by atomic mass is 10.0. The van der Waals surface area contributed by atoms with Gasteiger partial charge in [-0.25, -0.2) is 19.9 Å². The molecule has 0 atom stereocenters. The van der Waals surface area contributed by atoms with Crippen molar-refractivity contribution in [2.75, 3.05) is 0 Å². The van der Waals surface area contributed by atoms with E-state index in [4.69, 9.17) is 19.9 Å². The molecule has 0 aliphatic rings. The summed E-state index contributed by atoms with van der Waals surface area (Å²) in [7, 11) is 0. The molecule has 12 nitrogen and oxygen atoms in total. The van der Waals surface area contributed by atoms with Gasteiger partial charge in [0.25, 0.3) is 0 Å². The molecule has 10 aromatic heterocycles. The standard InChI is InChI=1S/C50H32N6.C44H28N6/c1-2-12-33(13-3-1)34-20-24-37(25-21-34)55-46-18-6-4-14-38(46)40-30-35(22-26-48(40)55)36-23-27-49-41(31-36)39-15-5-7-19-47(39)56(49)50-53-44(42-16-8-10-28-51-42)32-45(54-50)43-17-9-11-29-52-43;1-2-12-31(13-3-1)49-40-18-6-4-14-32(40)34-26-29(20-22-42(34)49)30-21-23-43-35(27-30)33-15-5-7-19-41(33)50(43)44-47-38(36-16-8-10-24-45-36)28-39(48-44)37-17-9-11-25-46-37/h1-32H;1-28H. The van der Waals surface area contributed by atoms with Gasteiger partial charge >= 0.3 is 0 Å². The first-order valence-electron chi connectivity index (χ1n) is 35.4. The molecule has 0 radical (unpaired) electrons. The third-order valence-corrected chi connectivity index (χ3v) is 20.1. The molecule has 0 saturated heterocycles. The summed E-state index contributed by atoms with van der Waals surface area (Å²) in [6.07, 6.45) is 7.16. The minimum absolute atomic E-state index is 0.568. The Morgan fingerprint density at radius 2 is 0.415 bits per heavy atom. The smallest absolute Gasteiger partial charge is 0.235 e. The molecule has 11 aromatic carbocycles. The molecule has 12 heteroatoms. The van der Waals surface area contributed by atoms with E-state index in [0.29, 0.717) is 11.9 Å². The second-order valence-electron chi connectivity index (χ2n) is 26.3. The van der Waals surface area contributed by atoms with Crippen LogP contribution in [0.15, 0.2) is 365 Å². The van der Waals surface area contributed by atoms with Crippen molar-refractivity contribution in [2.45, 2.75) is 0 Å². The fraction of sp³-hybridized carbons (Fsp3) is 0. The summed E-state index contributed by atoms with van der Waals surface area (Å²) in [6.45, 7) is 0. The van der Waals surface area contributed by atoms with Crippen molar-refractivity contribution in [1.29, 1.82) is 0 Å². The van der Waals surface area contributed by atoms with E-state index in [0.717, 1.165) is 123 Å². The Labute approximate surface area is 608 Å². The van der Waals surface area contributed by atoms with Crippen molar-refractivity contribution in [3.05, 3.63) is 365 Å². The number of para-hydroxylation sites is 5. The zero-order valence-corrected chi connectivity index (χ0v) is 57.0. The molecule has 0 fully saturated rings. The van der Waals surface area contributed by atoms with Crippen LogP contribution < -0.4 is 0 Å². The van der Waals surface area contributed by atoms with Crippen LogP contribution in [0.25, 0.3) is 189 Å². The SMILES string of the molecule is c1ccc(-c2ccc(-n3c4ccccc4c4cc(-c5ccc6c(c5)c5ccccc5n6-c5nc(-c6ccccn6)cc(-c6ccccn6)n5)ccc43)cc2)cc1.c1ccc(-n2c3ccccc3c3cc(-c4ccc5c(c4)c4ccccc4n5-c4nc(-c5ccccn5)cc(-c5ccccn5)n4)ccc32)cc1. The number of benzene rings is 11. The molecule has 0 bridgehead atoms. The van der Waals surface area contributed by atoms with Crippen molar-refractivity contribution < 1.29 is 0 Å². The summed E-state index contributed by atoms with van der Waals surface area (Å²) in [6, 6.07) is 119. The van der Waals surface area contributed by atoms with Crippen LogP contribution in [0.5, 0.6) is 0 Å². The van der Waals surface area contributed by atoms with E-state index in [1.165, 1.54) is 54.7 Å². The minimum Gasteiger partial charge on any atom is -0.309 e. The molecule has 21 aromatic rings. The van der Waals surface area contributed by atoms with Crippen LogP contribution in [0.2, 0.25) is 0 Å². The fourth-order valence-corrected chi connectivity index (χ4v) is 15.3. The highest BCUT2D eigenvalue weighted by atomic mass is 15.2.